The number of aromatic amines is 2. The van der Waals surface area contributed by atoms with Crippen LogP contribution in [0, 0.1) is 0 Å². The minimum Gasteiger partial charge on any atom is -0.369 e. The number of fused-ring (bicyclic) bond motifs is 1. The van der Waals surface area contributed by atoms with E-state index in [0.29, 0.717) is 17.5 Å². The predicted octanol–water partition coefficient (Wildman–Crippen LogP) is 1.69. The fraction of sp³-hybridized carbons (Fsp3) is 0.154. The van der Waals surface area contributed by atoms with Gasteiger partial charge < -0.3 is 10.7 Å². The van der Waals surface area contributed by atoms with Crippen LogP contribution < -0.4 is 11.3 Å². The third-order valence-corrected chi connectivity index (χ3v) is 4.13. The zero-order chi connectivity index (χ0) is 14.3. The number of carbonyl (C=O) groups is 1. The number of nitrogens with one attached hydrogen (secondary N) is 2. The molecule has 0 aliphatic rings. The molecule has 3 rings (SSSR count). The highest BCUT2D eigenvalue weighted by Crippen LogP contribution is 2.21. The Morgan fingerprint density at radius 2 is 2.20 bits per heavy atom. The first-order chi connectivity index (χ1) is 9.52. The summed E-state index contributed by atoms with van der Waals surface area (Å²) < 4.78 is 0. The van der Waals surface area contributed by atoms with Crippen LogP contribution in [0.1, 0.15) is 27.2 Å². The maximum absolute atomic E-state index is 11.7. The Hall–Kier alpha value is -2.41. The van der Waals surface area contributed by atoms with E-state index in [1.165, 1.54) is 11.3 Å². The first kappa shape index (κ1) is 12.6. The van der Waals surface area contributed by atoms with Crippen molar-refractivity contribution in [3.63, 3.8) is 0 Å². The fourth-order valence-corrected chi connectivity index (χ4v) is 2.96. The average Bonchev–Trinajstić information content (AvgIpc) is 2.96. The van der Waals surface area contributed by atoms with E-state index in [2.05, 4.69) is 15.0 Å². The van der Waals surface area contributed by atoms with Crippen molar-refractivity contribution >= 4 is 34.1 Å². The lowest BCUT2D eigenvalue weighted by molar-refractivity contribution is 0.102. The molecular weight excluding hydrogens is 276 g/mol. The summed E-state index contributed by atoms with van der Waals surface area (Å²) in [6, 6.07) is 5.49. The molecule has 0 unspecified atom stereocenters. The lowest BCUT2D eigenvalue weighted by Gasteiger charge is -1.93. The van der Waals surface area contributed by atoms with Crippen molar-refractivity contribution in [2.45, 2.75) is 13.3 Å². The van der Waals surface area contributed by atoms with Gasteiger partial charge in [-0.3, -0.25) is 14.6 Å². The number of anilines is 1. The molecule has 0 atom stereocenters. The molecule has 20 heavy (non-hydrogen) atoms. The summed E-state index contributed by atoms with van der Waals surface area (Å²) in [6.45, 7) is 1.55. The van der Waals surface area contributed by atoms with Gasteiger partial charge in [0, 0.05) is 17.0 Å². The van der Waals surface area contributed by atoms with E-state index in [1.54, 1.807) is 13.0 Å². The molecule has 0 bridgehead atoms. The van der Waals surface area contributed by atoms with Gasteiger partial charge in [-0.2, -0.15) is 4.98 Å². The highest BCUT2D eigenvalue weighted by atomic mass is 32.1. The number of Topliss-reactive ketones (excluding diaryl/α,β-unsaturated/α-hetero) is 1. The Morgan fingerprint density at radius 3 is 2.90 bits per heavy atom. The first-order valence-electron chi connectivity index (χ1n) is 6.00. The smallest absolute Gasteiger partial charge is 0.261 e. The maximum atomic E-state index is 11.7. The van der Waals surface area contributed by atoms with Gasteiger partial charge in [0.2, 0.25) is 5.95 Å². The molecule has 0 aromatic carbocycles. The van der Waals surface area contributed by atoms with E-state index in [9.17, 15) is 9.59 Å². The molecule has 0 fully saturated rings. The number of carbonyl (C=O) groups excluding carboxylic acids is 1. The number of nitrogens with zero attached hydrogens (tertiary/aromatic N) is 1. The van der Waals surface area contributed by atoms with E-state index >= 15 is 0 Å². The fourth-order valence-electron chi connectivity index (χ4n) is 2.04. The number of aromatic nitrogens is 3. The van der Waals surface area contributed by atoms with Crippen LogP contribution in [0.15, 0.2) is 23.0 Å². The highest BCUT2D eigenvalue weighted by molar-refractivity contribution is 7.14. The lowest BCUT2D eigenvalue weighted by atomic mass is 10.2. The number of H-pyrrole nitrogens is 2. The van der Waals surface area contributed by atoms with Crippen LogP contribution in [-0.2, 0) is 6.42 Å². The molecule has 0 saturated carbocycles. The van der Waals surface area contributed by atoms with Gasteiger partial charge in [-0.15, -0.1) is 11.3 Å². The van der Waals surface area contributed by atoms with E-state index < -0.39 is 0 Å². The molecule has 0 amide bonds. The van der Waals surface area contributed by atoms with Crippen molar-refractivity contribution in [1.29, 1.82) is 0 Å². The van der Waals surface area contributed by atoms with Gasteiger partial charge >= 0.3 is 0 Å². The Bertz CT molecular complexity index is 859. The van der Waals surface area contributed by atoms with Crippen LogP contribution in [-0.4, -0.2) is 20.7 Å². The molecule has 0 spiro atoms. The molecule has 7 heteroatoms. The average molecular weight is 288 g/mol. The monoisotopic (exact) mass is 288 g/mol. The Morgan fingerprint density at radius 1 is 1.40 bits per heavy atom. The normalized spacial score (nSPS) is 11.1. The molecular formula is C13H12N4O2S. The minimum atomic E-state index is -0.259. The number of nitrogen functional groups attached to an aromatic ring is 1. The van der Waals surface area contributed by atoms with E-state index in [-0.39, 0.29) is 17.3 Å². The summed E-state index contributed by atoms with van der Waals surface area (Å²) in [4.78, 5) is 34.4. The quantitative estimate of drug-likeness (QED) is 0.638. The SMILES string of the molecule is CC(=O)c1ccc(Cc2cc3c(=O)[nH]c(N)nc3[nH]2)s1. The van der Waals surface area contributed by atoms with Crippen LogP contribution in [0.25, 0.3) is 11.0 Å². The number of hydrogen-bond acceptors (Lipinski definition) is 5. The molecule has 0 radical (unpaired) electrons. The Labute approximate surface area is 117 Å². The minimum absolute atomic E-state index is 0.0591. The van der Waals surface area contributed by atoms with Gasteiger partial charge in [-0.25, -0.2) is 0 Å². The molecule has 3 heterocycles. The number of ketones is 1. The van der Waals surface area contributed by atoms with Gasteiger partial charge in [0.05, 0.1) is 10.3 Å². The van der Waals surface area contributed by atoms with Crippen molar-refractivity contribution in [2.24, 2.45) is 0 Å². The Kier molecular flexibility index (Phi) is 2.90. The number of hydrogen-bond donors (Lipinski definition) is 3. The summed E-state index contributed by atoms with van der Waals surface area (Å²) >= 11 is 1.45. The van der Waals surface area contributed by atoms with Gasteiger partial charge in [-0.1, -0.05) is 0 Å². The second-order valence-electron chi connectivity index (χ2n) is 4.51. The van der Waals surface area contributed by atoms with Crippen molar-refractivity contribution in [3.8, 4) is 0 Å². The summed E-state index contributed by atoms with van der Waals surface area (Å²) in [7, 11) is 0. The second-order valence-corrected chi connectivity index (χ2v) is 5.68. The third-order valence-electron chi connectivity index (χ3n) is 2.94. The van der Waals surface area contributed by atoms with Crippen LogP contribution in [0.3, 0.4) is 0 Å². The standard InChI is InChI=1S/C13H12N4O2S/c1-6(18)10-3-2-8(20-10)4-7-5-9-11(15-7)16-13(14)17-12(9)19/h2-3,5H,4H2,1H3,(H4,14,15,16,17,19). The van der Waals surface area contributed by atoms with Crippen LogP contribution in [0.4, 0.5) is 5.95 Å². The maximum Gasteiger partial charge on any atom is 0.261 e. The zero-order valence-electron chi connectivity index (χ0n) is 10.7. The number of rotatable bonds is 3. The highest BCUT2D eigenvalue weighted by Gasteiger charge is 2.09. The van der Waals surface area contributed by atoms with E-state index in [0.717, 1.165) is 15.4 Å². The topological polar surface area (TPSA) is 105 Å². The number of thiophene rings is 1. The van der Waals surface area contributed by atoms with Crippen molar-refractivity contribution < 1.29 is 4.79 Å². The third kappa shape index (κ3) is 2.23. The summed E-state index contributed by atoms with van der Waals surface area (Å²) in [5.74, 6) is 0.148. The van der Waals surface area contributed by atoms with Crippen molar-refractivity contribution in [1.82, 2.24) is 15.0 Å². The van der Waals surface area contributed by atoms with Gasteiger partial charge in [0.15, 0.2) is 5.78 Å². The molecule has 0 aliphatic carbocycles. The van der Waals surface area contributed by atoms with Gasteiger partial charge in [-0.05, 0) is 25.1 Å². The number of nitrogens with two attached hydrogens (primary N) is 1. The first-order valence-corrected chi connectivity index (χ1v) is 6.81. The Balaban J connectivity index is 1.96. The van der Waals surface area contributed by atoms with E-state index in [4.69, 9.17) is 5.73 Å². The van der Waals surface area contributed by atoms with E-state index in [1.807, 2.05) is 12.1 Å². The molecule has 4 N–H and O–H groups in total. The molecule has 3 aromatic rings. The summed E-state index contributed by atoms with van der Waals surface area (Å²) in [5.41, 5.74) is 6.58. The van der Waals surface area contributed by atoms with Crippen molar-refractivity contribution in [3.05, 3.63) is 44.0 Å². The summed E-state index contributed by atoms with van der Waals surface area (Å²) in [5, 5.41) is 0.484. The van der Waals surface area contributed by atoms with Crippen LogP contribution in [0.2, 0.25) is 0 Å². The van der Waals surface area contributed by atoms with Gasteiger partial charge in [0.1, 0.15) is 5.65 Å². The summed E-state index contributed by atoms with van der Waals surface area (Å²) in [6.07, 6.45) is 0.619. The molecule has 0 aliphatic heterocycles. The van der Waals surface area contributed by atoms with Crippen molar-refractivity contribution in [2.75, 3.05) is 5.73 Å². The molecule has 6 nitrogen and oxygen atoms in total. The van der Waals surface area contributed by atoms with Crippen LogP contribution >= 0.6 is 11.3 Å². The zero-order valence-corrected chi connectivity index (χ0v) is 11.5. The lowest BCUT2D eigenvalue weighted by Crippen LogP contribution is -2.09. The van der Waals surface area contributed by atoms with Crippen LogP contribution in [0.5, 0.6) is 0 Å². The largest absolute Gasteiger partial charge is 0.369 e. The molecule has 0 saturated heterocycles. The second kappa shape index (κ2) is 4.61. The predicted molar refractivity (Wildman–Crippen MR) is 78.3 cm³/mol. The molecule has 3 aromatic heterocycles. The molecule has 102 valence electrons. The van der Waals surface area contributed by atoms with Gasteiger partial charge in [0.25, 0.3) is 5.56 Å².